The topological polar surface area (TPSA) is 95.6 Å². The highest BCUT2D eigenvalue weighted by Crippen LogP contribution is 1.92. The number of hydrogen-bond acceptors (Lipinski definition) is 5. The minimum absolute atomic E-state index is 0.347. The molecular formula is C6H14N2O3S. The lowest BCUT2D eigenvalue weighted by molar-refractivity contribution is -0.123. The summed E-state index contributed by atoms with van der Waals surface area (Å²) in [5.41, 5.74) is 5.21. The zero-order valence-electron chi connectivity index (χ0n) is 6.69. The van der Waals surface area contributed by atoms with Crippen molar-refractivity contribution in [1.82, 2.24) is 5.32 Å². The molecule has 0 spiro atoms. The second-order valence-electron chi connectivity index (χ2n) is 2.27. The van der Waals surface area contributed by atoms with E-state index in [0.717, 1.165) is 12.0 Å². The number of rotatable bonds is 6. The van der Waals surface area contributed by atoms with Crippen molar-refractivity contribution < 1.29 is 14.5 Å². The second-order valence-corrected chi connectivity index (χ2v) is 2.93. The van der Waals surface area contributed by atoms with Gasteiger partial charge in [-0.3, -0.25) is 4.79 Å². The Morgan fingerprint density at radius 2 is 2.33 bits per heavy atom. The number of amides is 1. The van der Waals surface area contributed by atoms with Crippen molar-refractivity contribution in [3.8, 4) is 0 Å². The Kier molecular flexibility index (Phi) is 7.17. The van der Waals surface area contributed by atoms with E-state index in [4.69, 9.17) is 15.4 Å². The van der Waals surface area contributed by atoms with Gasteiger partial charge in [0, 0.05) is 12.3 Å². The molecular weight excluding hydrogens is 180 g/mol. The number of nitrogens with two attached hydrogens (primary N) is 1. The molecule has 72 valence electrons. The molecule has 0 aromatic carbocycles. The van der Waals surface area contributed by atoms with Gasteiger partial charge in [-0.15, -0.1) is 0 Å². The van der Waals surface area contributed by atoms with Crippen LogP contribution in [-0.2, 0) is 4.79 Å². The normalized spacial score (nSPS) is 12.6. The first-order chi connectivity index (χ1) is 5.72. The Labute approximate surface area is 75.5 Å². The molecule has 0 aliphatic carbocycles. The lowest BCUT2D eigenvalue weighted by Gasteiger charge is -2.08. The average Bonchev–Trinajstić information content (AvgIpc) is 2.10. The Bertz CT molecular complexity index is 134. The third-order valence-corrected chi connectivity index (χ3v) is 1.72. The van der Waals surface area contributed by atoms with Gasteiger partial charge in [0.25, 0.3) is 0 Å². The van der Waals surface area contributed by atoms with Gasteiger partial charge >= 0.3 is 0 Å². The molecule has 0 aliphatic rings. The van der Waals surface area contributed by atoms with E-state index >= 15 is 0 Å². The molecule has 0 aromatic heterocycles. The van der Waals surface area contributed by atoms with Crippen LogP contribution in [0, 0.1) is 0 Å². The van der Waals surface area contributed by atoms with Crippen molar-refractivity contribution in [1.29, 1.82) is 0 Å². The fourth-order valence-corrected chi connectivity index (χ4v) is 0.836. The first kappa shape index (κ1) is 11.7. The molecule has 0 radical (unpaired) electrons. The van der Waals surface area contributed by atoms with Gasteiger partial charge in [0.05, 0.1) is 6.61 Å². The van der Waals surface area contributed by atoms with Crippen LogP contribution in [-0.4, -0.2) is 40.5 Å². The largest absolute Gasteiger partial charge is 0.394 e. The van der Waals surface area contributed by atoms with E-state index in [1.54, 1.807) is 0 Å². The number of aliphatic hydroxyl groups is 1. The molecule has 0 aromatic rings. The number of carbonyl (C=O) groups is 1. The standard InChI is InChI=1S/C6H14N2O3S/c7-5(4-9)6(10)8-2-1-3-12-11/h5,9,11H,1-4,7H2,(H,8,10). The van der Waals surface area contributed by atoms with Crippen molar-refractivity contribution in [2.24, 2.45) is 5.73 Å². The minimum Gasteiger partial charge on any atom is -0.394 e. The van der Waals surface area contributed by atoms with E-state index in [1.807, 2.05) is 0 Å². The maximum atomic E-state index is 10.9. The number of nitrogens with one attached hydrogen (secondary N) is 1. The molecule has 0 rings (SSSR count). The second kappa shape index (κ2) is 7.35. The number of carbonyl (C=O) groups excluding carboxylic acids is 1. The predicted octanol–water partition coefficient (Wildman–Crippen LogP) is -0.981. The van der Waals surface area contributed by atoms with Crippen molar-refractivity contribution in [3.63, 3.8) is 0 Å². The molecule has 6 heteroatoms. The van der Waals surface area contributed by atoms with Crippen LogP contribution in [0.2, 0.25) is 0 Å². The Morgan fingerprint density at radius 3 is 2.83 bits per heavy atom. The highest BCUT2D eigenvalue weighted by Gasteiger charge is 2.09. The van der Waals surface area contributed by atoms with Crippen molar-refractivity contribution >= 4 is 17.9 Å². The molecule has 0 saturated heterocycles. The molecule has 0 bridgehead atoms. The van der Waals surface area contributed by atoms with Gasteiger partial charge in [0.1, 0.15) is 6.04 Å². The monoisotopic (exact) mass is 194 g/mol. The minimum atomic E-state index is -0.841. The van der Waals surface area contributed by atoms with Crippen molar-refractivity contribution in [2.45, 2.75) is 12.5 Å². The Hall–Kier alpha value is -0.300. The van der Waals surface area contributed by atoms with Gasteiger partial charge in [-0.2, -0.15) is 0 Å². The van der Waals surface area contributed by atoms with Gasteiger partial charge in [0.15, 0.2) is 0 Å². The average molecular weight is 194 g/mol. The maximum Gasteiger partial charge on any atom is 0.239 e. The summed E-state index contributed by atoms with van der Waals surface area (Å²) in [6.45, 7) is 0.126. The molecule has 1 unspecified atom stereocenters. The quantitative estimate of drug-likeness (QED) is 0.322. The molecule has 12 heavy (non-hydrogen) atoms. The summed E-state index contributed by atoms with van der Waals surface area (Å²) < 4.78 is 8.33. The van der Waals surface area contributed by atoms with Crippen molar-refractivity contribution in [3.05, 3.63) is 0 Å². The fraction of sp³-hybridized carbons (Fsp3) is 0.833. The molecule has 5 N–H and O–H groups in total. The van der Waals surface area contributed by atoms with Crippen LogP contribution < -0.4 is 11.1 Å². The fourth-order valence-electron chi connectivity index (χ4n) is 0.562. The van der Waals surface area contributed by atoms with Crippen LogP contribution in [0.15, 0.2) is 0 Å². The third kappa shape index (κ3) is 5.36. The molecule has 5 nitrogen and oxygen atoms in total. The van der Waals surface area contributed by atoms with Crippen LogP contribution in [0.3, 0.4) is 0 Å². The highest BCUT2D eigenvalue weighted by atomic mass is 32.2. The molecule has 0 fully saturated rings. The van der Waals surface area contributed by atoms with E-state index in [2.05, 4.69) is 5.32 Å². The summed E-state index contributed by atoms with van der Waals surface area (Å²) in [4.78, 5) is 10.9. The van der Waals surface area contributed by atoms with E-state index in [-0.39, 0.29) is 12.5 Å². The highest BCUT2D eigenvalue weighted by molar-refractivity contribution is 7.93. The first-order valence-corrected chi connectivity index (χ1v) is 4.57. The molecule has 0 aliphatic heterocycles. The van der Waals surface area contributed by atoms with Gasteiger partial charge < -0.3 is 20.7 Å². The van der Waals surface area contributed by atoms with Crippen molar-refractivity contribution in [2.75, 3.05) is 18.9 Å². The predicted molar refractivity (Wildman–Crippen MR) is 47.8 cm³/mol. The van der Waals surface area contributed by atoms with E-state index in [1.165, 1.54) is 0 Å². The van der Waals surface area contributed by atoms with Gasteiger partial charge in [-0.05, 0) is 18.5 Å². The van der Waals surface area contributed by atoms with Crippen LogP contribution in [0.25, 0.3) is 0 Å². The summed E-state index contributed by atoms with van der Waals surface area (Å²) in [5.74, 6) is 0.217. The lowest BCUT2D eigenvalue weighted by Crippen LogP contribution is -2.43. The summed E-state index contributed by atoms with van der Waals surface area (Å²) >= 11 is 0.736. The third-order valence-electron chi connectivity index (χ3n) is 1.25. The number of aliphatic hydroxyl groups excluding tert-OH is 1. The van der Waals surface area contributed by atoms with Crippen LogP contribution >= 0.6 is 12.0 Å². The molecule has 0 saturated carbocycles. The Balaban J connectivity index is 3.31. The van der Waals surface area contributed by atoms with Gasteiger partial charge in [0.2, 0.25) is 5.91 Å². The zero-order chi connectivity index (χ0) is 9.40. The summed E-state index contributed by atoms with van der Waals surface area (Å²) in [6.07, 6.45) is 0.686. The summed E-state index contributed by atoms with van der Waals surface area (Å²) in [5, 5.41) is 11.0. The molecule has 1 atom stereocenters. The van der Waals surface area contributed by atoms with Crippen LogP contribution in [0.5, 0.6) is 0 Å². The Morgan fingerprint density at radius 1 is 1.67 bits per heavy atom. The van der Waals surface area contributed by atoms with Gasteiger partial charge in [-0.1, -0.05) is 0 Å². The zero-order valence-corrected chi connectivity index (χ0v) is 7.51. The summed E-state index contributed by atoms with van der Waals surface area (Å²) in [7, 11) is 0. The molecule has 1 amide bonds. The van der Waals surface area contributed by atoms with E-state index < -0.39 is 6.04 Å². The maximum absolute atomic E-state index is 10.9. The SMILES string of the molecule is NC(CO)C(=O)NCCCSO. The summed E-state index contributed by atoms with van der Waals surface area (Å²) in [6, 6.07) is -0.841. The van der Waals surface area contributed by atoms with Crippen LogP contribution in [0.1, 0.15) is 6.42 Å². The molecule has 0 heterocycles. The lowest BCUT2D eigenvalue weighted by atomic mass is 10.3. The van der Waals surface area contributed by atoms with E-state index in [0.29, 0.717) is 18.7 Å². The first-order valence-electron chi connectivity index (χ1n) is 3.63. The number of hydrogen-bond donors (Lipinski definition) is 4. The smallest absolute Gasteiger partial charge is 0.239 e. The van der Waals surface area contributed by atoms with Crippen LogP contribution in [0.4, 0.5) is 0 Å². The van der Waals surface area contributed by atoms with Gasteiger partial charge in [-0.25, -0.2) is 0 Å². The van der Waals surface area contributed by atoms with E-state index in [9.17, 15) is 4.79 Å².